The summed E-state index contributed by atoms with van der Waals surface area (Å²) in [5.41, 5.74) is 31.5. The van der Waals surface area contributed by atoms with Gasteiger partial charge < -0.3 is 5.73 Å². The van der Waals surface area contributed by atoms with E-state index in [1.54, 1.807) is 11.3 Å². The lowest BCUT2D eigenvalue weighted by atomic mass is 10.0. The number of pyridine rings is 1. The molecular weight excluding hydrogens is 585 g/mol. The van der Waals surface area contributed by atoms with Crippen molar-refractivity contribution in [3.8, 4) is 21.7 Å². The van der Waals surface area contributed by atoms with Gasteiger partial charge in [0.15, 0.2) is 0 Å². The molecule has 0 bridgehead atoms. The zero-order chi connectivity index (χ0) is 31.9. The van der Waals surface area contributed by atoms with Crippen LogP contribution in [0.15, 0.2) is 149 Å². The average Bonchev–Trinajstić information content (AvgIpc) is 3.70. The van der Waals surface area contributed by atoms with Crippen LogP contribution in [0.4, 0.5) is 5.69 Å². The molecule has 2 N–H and O–H groups in total. The number of aromatic nitrogens is 1. The molecule has 1 atom stereocenters. The fourth-order valence-corrected chi connectivity index (χ4v) is 6.79. The molecule has 0 spiro atoms. The van der Waals surface area contributed by atoms with E-state index < -0.39 is 10.8 Å². The average molecular weight is 619 g/mol. The van der Waals surface area contributed by atoms with Crippen LogP contribution in [0.1, 0.15) is 26.2 Å². The van der Waals surface area contributed by atoms with Gasteiger partial charge in [-0.3, -0.25) is 4.21 Å². The first-order valence-electron chi connectivity index (χ1n) is 13.0. The summed E-state index contributed by atoms with van der Waals surface area (Å²) in [6.45, 7) is 21.4. The molecule has 216 valence electrons. The predicted octanol–water partition coefficient (Wildman–Crippen LogP) is 10.4. The molecule has 0 aliphatic carbocycles. The van der Waals surface area contributed by atoms with Crippen LogP contribution in [-0.4, -0.2) is 14.9 Å². The standard InChI is InChI=1S/C22H22N2OS3.C6H4.C5H4.C4H4/c1-2-3-7-13-28(25)22-20(23)19-16(15-9-5-4-6-10-15)14-17(24-21(19)27-22)18-11-8-12-26-18;1-3-5-6-4-2;1-3-5-4-2;1-3-4-2/h4-6,8-12,14H,2-3,7,13,23H2,1H3;1-2H2;1-2H2;1-2H2. The Bertz CT molecular complexity index is 1790. The molecule has 4 rings (SSSR count). The highest BCUT2D eigenvalue weighted by Gasteiger charge is 2.20. The highest BCUT2D eigenvalue weighted by Crippen LogP contribution is 2.43. The van der Waals surface area contributed by atoms with Crippen molar-refractivity contribution < 1.29 is 4.21 Å². The summed E-state index contributed by atoms with van der Waals surface area (Å²) in [5, 5.41) is 2.98. The van der Waals surface area contributed by atoms with Crippen LogP contribution >= 0.6 is 22.7 Å². The van der Waals surface area contributed by atoms with Crippen molar-refractivity contribution in [2.75, 3.05) is 11.5 Å². The van der Waals surface area contributed by atoms with Crippen LogP contribution in [0.2, 0.25) is 0 Å². The largest absolute Gasteiger partial charge is 0.396 e. The molecule has 0 fully saturated rings. The second-order valence-electron chi connectivity index (χ2n) is 8.07. The number of hydrogen-bond acceptors (Lipinski definition) is 5. The monoisotopic (exact) mass is 618 g/mol. The Morgan fingerprint density at radius 1 is 0.837 bits per heavy atom. The summed E-state index contributed by atoms with van der Waals surface area (Å²) in [7, 11) is -1.08. The smallest absolute Gasteiger partial charge is 0.127 e. The van der Waals surface area contributed by atoms with Gasteiger partial charge >= 0.3 is 0 Å². The van der Waals surface area contributed by atoms with E-state index in [1.165, 1.54) is 11.3 Å². The van der Waals surface area contributed by atoms with Crippen molar-refractivity contribution in [1.29, 1.82) is 0 Å². The molecule has 3 aromatic heterocycles. The number of fused-ring (bicyclic) bond motifs is 1. The molecule has 3 heterocycles. The lowest BCUT2D eigenvalue weighted by Gasteiger charge is -2.08. The molecule has 0 amide bonds. The fraction of sp³-hybridized carbons (Fsp3) is 0.135. The summed E-state index contributed by atoms with van der Waals surface area (Å²) in [6.07, 6.45) is 3.16. The number of benzene rings is 1. The van der Waals surface area contributed by atoms with Crippen LogP contribution in [0.25, 0.3) is 31.9 Å². The third-order valence-electron chi connectivity index (χ3n) is 5.20. The van der Waals surface area contributed by atoms with Crippen LogP contribution in [-0.2, 0) is 10.8 Å². The molecule has 0 saturated carbocycles. The second-order valence-corrected chi connectivity index (χ2v) is 11.8. The minimum atomic E-state index is -1.08. The number of nitrogen functional groups attached to an aromatic ring is 1. The van der Waals surface area contributed by atoms with Gasteiger partial charge in [-0.1, -0.05) is 90.6 Å². The van der Waals surface area contributed by atoms with E-state index in [9.17, 15) is 4.21 Å². The maximum absolute atomic E-state index is 12.9. The summed E-state index contributed by atoms with van der Waals surface area (Å²) < 4.78 is 13.7. The van der Waals surface area contributed by atoms with Crippen molar-refractivity contribution in [1.82, 2.24) is 4.98 Å². The SMILES string of the molecule is C=C=C=C.C=C=C=C=C.C=C=C=C=C=C.CCCCCS(=O)c1sc2nc(-c3cccs3)cc(-c3ccccc3)c2c1N. The Morgan fingerprint density at radius 2 is 1.47 bits per heavy atom. The van der Waals surface area contributed by atoms with Gasteiger partial charge in [0, 0.05) is 11.1 Å². The molecule has 0 aliphatic heterocycles. The minimum absolute atomic E-state index is 0.624. The maximum atomic E-state index is 12.9. The highest BCUT2D eigenvalue weighted by molar-refractivity contribution is 7.87. The minimum Gasteiger partial charge on any atom is -0.396 e. The van der Waals surface area contributed by atoms with Crippen LogP contribution in [0.5, 0.6) is 0 Å². The van der Waals surface area contributed by atoms with Crippen LogP contribution in [0, 0.1) is 0 Å². The van der Waals surface area contributed by atoms with Crippen molar-refractivity contribution >= 4 is 49.4 Å². The first-order chi connectivity index (χ1) is 20.9. The van der Waals surface area contributed by atoms with E-state index >= 15 is 0 Å². The van der Waals surface area contributed by atoms with Gasteiger partial charge in [-0.25, -0.2) is 4.98 Å². The Hall–Kier alpha value is -4.78. The molecule has 1 unspecified atom stereocenters. The van der Waals surface area contributed by atoms with Crippen LogP contribution < -0.4 is 5.73 Å². The Kier molecular flexibility index (Phi) is 18.5. The normalized spacial score (nSPS) is 9.23. The molecule has 3 nitrogen and oxygen atoms in total. The lowest BCUT2D eigenvalue weighted by Crippen LogP contribution is -1.99. The van der Waals surface area contributed by atoms with Gasteiger partial charge in [-0.2, -0.15) is 0 Å². The first kappa shape index (κ1) is 36.2. The van der Waals surface area contributed by atoms with E-state index in [0.29, 0.717) is 11.4 Å². The Balaban J connectivity index is 0.000000513. The quantitative estimate of drug-likeness (QED) is 0.166. The Morgan fingerprint density at radius 3 is 1.95 bits per heavy atom. The topological polar surface area (TPSA) is 56.0 Å². The second kappa shape index (κ2) is 21.9. The summed E-state index contributed by atoms with van der Waals surface area (Å²) in [5.74, 6) is 0.656. The summed E-state index contributed by atoms with van der Waals surface area (Å²) in [4.78, 5) is 6.86. The summed E-state index contributed by atoms with van der Waals surface area (Å²) in [6, 6.07) is 16.4. The van der Waals surface area contributed by atoms with Crippen molar-refractivity contribution in [3.63, 3.8) is 0 Å². The molecule has 1 aromatic carbocycles. The molecule has 0 radical (unpaired) electrons. The first-order valence-corrected chi connectivity index (χ1v) is 16.0. The van der Waals surface area contributed by atoms with Gasteiger partial charge in [-0.15, -0.1) is 22.7 Å². The van der Waals surface area contributed by atoms with Crippen LogP contribution in [0.3, 0.4) is 0 Å². The van der Waals surface area contributed by atoms with Gasteiger partial charge in [0.2, 0.25) is 0 Å². The Labute approximate surface area is 265 Å². The number of thiophene rings is 2. The van der Waals surface area contributed by atoms with Gasteiger partial charge in [-0.05, 0) is 91.7 Å². The zero-order valence-electron chi connectivity index (χ0n) is 24.4. The maximum Gasteiger partial charge on any atom is 0.127 e. The van der Waals surface area contributed by atoms with E-state index in [-0.39, 0.29) is 0 Å². The fourth-order valence-electron chi connectivity index (χ4n) is 3.39. The molecular formula is C37H34N2OS3. The molecule has 4 aromatic rings. The number of anilines is 1. The van der Waals surface area contributed by atoms with Crippen molar-refractivity contribution in [2.45, 2.75) is 30.4 Å². The predicted molar refractivity (Wildman–Crippen MR) is 189 cm³/mol. The molecule has 0 saturated heterocycles. The number of hydrogen-bond donors (Lipinski definition) is 1. The van der Waals surface area contributed by atoms with E-state index in [4.69, 9.17) is 10.7 Å². The molecule has 43 heavy (non-hydrogen) atoms. The molecule has 6 heteroatoms. The number of nitrogens with two attached hydrogens (primary N) is 1. The van der Waals surface area contributed by atoms with E-state index in [0.717, 1.165) is 55.4 Å². The van der Waals surface area contributed by atoms with E-state index in [1.807, 2.05) is 24.3 Å². The van der Waals surface area contributed by atoms with Gasteiger partial charge in [0.05, 0.1) is 27.1 Å². The molecule has 0 aliphatic rings. The third kappa shape index (κ3) is 12.3. The summed E-state index contributed by atoms with van der Waals surface area (Å²) >= 11 is 3.15. The number of nitrogens with zero attached hydrogens (tertiary/aromatic N) is 1. The lowest BCUT2D eigenvalue weighted by molar-refractivity contribution is 0.678. The van der Waals surface area contributed by atoms with Gasteiger partial charge in [0.25, 0.3) is 0 Å². The number of rotatable bonds is 7. The number of unbranched alkanes of at least 4 members (excludes halogenated alkanes) is 2. The zero-order valence-corrected chi connectivity index (χ0v) is 26.9. The van der Waals surface area contributed by atoms with E-state index in [2.05, 4.69) is 128 Å². The third-order valence-corrected chi connectivity index (χ3v) is 9.09. The van der Waals surface area contributed by atoms with Crippen molar-refractivity contribution in [2.24, 2.45) is 0 Å². The highest BCUT2D eigenvalue weighted by atomic mass is 32.2. The van der Waals surface area contributed by atoms with Crippen molar-refractivity contribution in [3.05, 3.63) is 145 Å². The van der Waals surface area contributed by atoms with Gasteiger partial charge in [0.1, 0.15) is 9.04 Å².